The monoisotopic (exact) mass is 440 g/mol. The number of aryl methyl sites for hydroxylation is 1. The molecule has 0 bridgehead atoms. The minimum Gasteiger partial charge on any atom is -0.356 e. The van der Waals surface area contributed by atoms with Gasteiger partial charge in [-0.1, -0.05) is 0 Å². The van der Waals surface area contributed by atoms with E-state index in [-0.39, 0.29) is 18.0 Å². The molecule has 3 heterocycles. The molecule has 168 valence electrons. The number of carbonyl (C=O) groups excluding carboxylic acids is 1. The lowest BCUT2D eigenvalue weighted by Gasteiger charge is -2.27. The molecule has 1 saturated heterocycles. The summed E-state index contributed by atoms with van der Waals surface area (Å²) in [7, 11) is 0. The third-order valence-electron chi connectivity index (χ3n) is 5.78. The molecule has 0 spiro atoms. The Hall–Kier alpha value is -3.36. The number of aromatic nitrogens is 4. The molecule has 1 amide bonds. The van der Waals surface area contributed by atoms with Gasteiger partial charge in [-0.2, -0.15) is 5.10 Å². The summed E-state index contributed by atoms with van der Waals surface area (Å²) >= 11 is 0. The first-order chi connectivity index (χ1) is 15.4. The lowest BCUT2D eigenvalue weighted by molar-refractivity contribution is -0.116. The van der Waals surface area contributed by atoms with Gasteiger partial charge in [-0.3, -0.25) is 4.79 Å². The first-order valence-electron chi connectivity index (χ1n) is 10.8. The Morgan fingerprint density at radius 1 is 1.03 bits per heavy atom. The highest BCUT2D eigenvalue weighted by Gasteiger charge is 2.18. The summed E-state index contributed by atoms with van der Waals surface area (Å²) in [5, 5.41) is 7.24. The van der Waals surface area contributed by atoms with Crippen LogP contribution < -0.4 is 10.2 Å². The van der Waals surface area contributed by atoms with Crippen LogP contribution in [0.4, 0.5) is 20.3 Å². The molecule has 1 fully saturated rings. The molecule has 9 heteroatoms. The van der Waals surface area contributed by atoms with Gasteiger partial charge in [-0.05, 0) is 57.2 Å². The minimum absolute atomic E-state index is 0.190. The maximum atomic E-state index is 13.3. The summed E-state index contributed by atoms with van der Waals surface area (Å²) in [6.07, 6.45) is 5.79. The van der Waals surface area contributed by atoms with E-state index in [1.54, 1.807) is 11.0 Å². The largest absolute Gasteiger partial charge is 0.356 e. The Balaban J connectivity index is 1.46. The second kappa shape index (κ2) is 9.42. The van der Waals surface area contributed by atoms with Gasteiger partial charge < -0.3 is 10.2 Å². The van der Waals surface area contributed by atoms with Crippen LogP contribution >= 0.6 is 0 Å². The SMILES string of the molecule is Cc1nn(-c2cc(N3CCCCC3)ncn2)c(C)c1CCC(=O)Nc1ccc(F)c(F)c1. The van der Waals surface area contributed by atoms with Crippen molar-refractivity contribution in [2.45, 2.75) is 46.0 Å². The predicted octanol–water partition coefficient (Wildman–Crippen LogP) is 4.12. The molecule has 2 aromatic heterocycles. The van der Waals surface area contributed by atoms with Crippen molar-refractivity contribution in [3.05, 3.63) is 59.2 Å². The summed E-state index contributed by atoms with van der Waals surface area (Å²) in [5.41, 5.74) is 2.92. The van der Waals surface area contributed by atoms with Crippen LogP contribution in [0.1, 0.15) is 42.6 Å². The molecular weight excluding hydrogens is 414 g/mol. The second-order valence-electron chi connectivity index (χ2n) is 8.02. The van der Waals surface area contributed by atoms with Crippen molar-refractivity contribution >= 4 is 17.4 Å². The number of amides is 1. The zero-order chi connectivity index (χ0) is 22.7. The average Bonchev–Trinajstić information content (AvgIpc) is 3.09. The Kier molecular flexibility index (Phi) is 6.43. The van der Waals surface area contributed by atoms with Crippen LogP contribution in [0.2, 0.25) is 0 Å². The van der Waals surface area contributed by atoms with Gasteiger partial charge in [-0.15, -0.1) is 0 Å². The van der Waals surface area contributed by atoms with E-state index >= 15 is 0 Å². The number of halogens is 2. The van der Waals surface area contributed by atoms with E-state index < -0.39 is 11.6 Å². The summed E-state index contributed by atoms with van der Waals surface area (Å²) < 4.78 is 28.2. The topological polar surface area (TPSA) is 75.9 Å². The molecule has 7 nitrogen and oxygen atoms in total. The van der Waals surface area contributed by atoms with E-state index in [0.29, 0.717) is 12.2 Å². The highest BCUT2D eigenvalue weighted by Crippen LogP contribution is 2.22. The molecule has 0 aliphatic carbocycles. The normalized spacial score (nSPS) is 13.9. The summed E-state index contributed by atoms with van der Waals surface area (Å²) in [5.74, 6) is -0.635. The molecule has 1 N–H and O–H groups in total. The van der Waals surface area contributed by atoms with E-state index in [2.05, 4.69) is 25.3 Å². The van der Waals surface area contributed by atoms with Gasteiger partial charge in [0.05, 0.1) is 5.69 Å². The van der Waals surface area contributed by atoms with Crippen molar-refractivity contribution in [1.29, 1.82) is 0 Å². The van der Waals surface area contributed by atoms with Gasteiger partial charge >= 0.3 is 0 Å². The molecule has 1 aliphatic rings. The highest BCUT2D eigenvalue weighted by atomic mass is 19.2. The summed E-state index contributed by atoms with van der Waals surface area (Å²) in [6, 6.07) is 5.24. The van der Waals surface area contributed by atoms with Crippen molar-refractivity contribution in [3.63, 3.8) is 0 Å². The van der Waals surface area contributed by atoms with Gasteiger partial charge in [0.1, 0.15) is 12.1 Å². The first kappa shape index (κ1) is 21.9. The Labute approximate surface area is 185 Å². The Bertz CT molecular complexity index is 1120. The molecule has 1 aliphatic heterocycles. The van der Waals surface area contributed by atoms with Crippen molar-refractivity contribution in [2.75, 3.05) is 23.3 Å². The Morgan fingerprint density at radius 3 is 2.53 bits per heavy atom. The number of anilines is 2. The molecule has 0 unspecified atom stereocenters. The van der Waals surface area contributed by atoms with E-state index in [1.807, 2.05) is 19.9 Å². The number of hydrogen-bond acceptors (Lipinski definition) is 5. The maximum Gasteiger partial charge on any atom is 0.224 e. The van der Waals surface area contributed by atoms with E-state index in [9.17, 15) is 13.6 Å². The fraction of sp³-hybridized carbons (Fsp3) is 0.391. The van der Waals surface area contributed by atoms with Crippen LogP contribution in [0, 0.1) is 25.5 Å². The predicted molar refractivity (Wildman–Crippen MR) is 118 cm³/mol. The molecule has 4 rings (SSSR count). The lowest BCUT2D eigenvalue weighted by Crippen LogP contribution is -2.30. The molecule has 0 radical (unpaired) electrons. The summed E-state index contributed by atoms with van der Waals surface area (Å²) in [6.45, 7) is 5.84. The van der Waals surface area contributed by atoms with Crippen molar-refractivity contribution in [2.24, 2.45) is 0 Å². The van der Waals surface area contributed by atoms with E-state index in [1.165, 1.54) is 12.5 Å². The molecule has 3 aromatic rings. The van der Waals surface area contributed by atoms with Crippen LogP contribution in [0.5, 0.6) is 0 Å². The fourth-order valence-electron chi connectivity index (χ4n) is 4.04. The quantitative estimate of drug-likeness (QED) is 0.624. The van der Waals surface area contributed by atoms with Crippen LogP contribution in [-0.2, 0) is 11.2 Å². The van der Waals surface area contributed by atoms with Crippen LogP contribution in [0.25, 0.3) is 5.82 Å². The van der Waals surface area contributed by atoms with Gasteiger partial charge in [0.25, 0.3) is 0 Å². The van der Waals surface area contributed by atoms with Gasteiger partial charge in [0, 0.05) is 43.0 Å². The number of piperidine rings is 1. The van der Waals surface area contributed by atoms with Gasteiger partial charge in [-0.25, -0.2) is 23.4 Å². The van der Waals surface area contributed by atoms with Gasteiger partial charge in [0.15, 0.2) is 17.5 Å². The second-order valence-corrected chi connectivity index (χ2v) is 8.02. The van der Waals surface area contributed by atoms with Crippen LogP contribution in [-0.4, -0.2) is 38.7 Å². The third-order valence-corrected chi connectivity index (χ3v) is 5.78. The number of benzene rings is 1. The average molecular weight is 440 g/mol. The summed E-state index contributed by atoms with van der Waals surface area (Å²) in [4.78, 5) is 23.4. The van der Waals surface area contributed by atoms with E-state index in [0.717, 1.165) is 60.8 Å². The number of hydrogen-bond donors (Lipinski definition) is 1. The highest BCUT2D eigenvalue weighted by molar-refractivity contribution is 5.90. The van der Waals surface area contributed by atoms with Crippen molar-refractivity contribution < 1.29 is 13.6 Å². The maximum absolute atomic E-state index is 13.3. The minimum atomic E-state index is -0.996. The zero-order valence-electron chi connectivity index (χ0n) is 18.2. The molecule has 1 aromatic carbocycles. The number of nitrogens with one attached hydrogen (secondary N) is 1. The fourth-order valence-corrected chi connectivity index (χ4v) is 4.04. The standard InChI is InChI=1S/C23H26F2N6O/c1-15-18(7-9-23(32)28-17-6-8-19(24)20(25)12-17)16(2)31(29-15)22-13-21(26-14-27-22)30-10-4-3-5-11-30/h6,8,12-14H,3-5,7,9-11H2,1-2H3,(H,28,32). The lowest BCUT2D eigenvalue weighted by atomic mass is 10.1. The number of carbonyl (C=O) groups is 1. The van der Waals surface area contributed by atoms with Crippen LogP contribution in [0.15, 0.2) is 30.6 Å². The molecule has 32 heavy (non-hydrogen) atoms. The zero-order valence-corrected chi connectivity index (χ0v) is 18.2. The van der Waals surface area contributed by atoms with Crippen LogP contribution in [0.3, 0.4) is 0 Å². The smallest absolute Gasteiger partial charge is 0.224 e. The molecule has 0 atom stereocenters. The molecular formula is C23H26F2N6O. The third kappa shape index (κ3) is 4.76. The Morgan fingerprint density at radius 2 is 1.78 bits per heavy atom. The van der Waals surface area contributed by atoms with Crippen molar-refractivity contribution in [3.8, 4) is 5.82 Å². The van der Waals surface area contributed by atoms with Crippen molar-refractivity contribution in [1.82, 2.24) is 19.7 Å². The van der Waals surface area contributed by atoms with E-state index in [4.69, 9.17) is 0 Å². The molecule has 0 saturated carbocycles. The first-order valence-corrected chi connectivity index (χ1v) is 10.8. The number of nitrogens with zero attached hydrogens (tertiary/aromatic N) is 5. The van der Waals surface area contributed by atoms with Gasteiger partial charge in [0.2, 0.25) is 5.91 Å². The number of rotatable bonds is 6.